The van der Waals surface area contributed by atoms with Gasteiger partial charge in [0, 0.05) is 44.6 Å². The average molecular weight is 397 g/mol. The summed E-state index contributed by atoms with van der Waals surface area (Å²) in [6, 6.07) is 6.18. The van der Waals surface area contributed by atoms with Crippen molar-refractivity contribution in [3.05, 3.63) is 48.0 Å². The minimum atomic E-state index is -3.76. The van der Waals surface area contributed by atoms with Crippen LogP contribution in [0.25, 0.3) is 0 Å². The van der Waals surface area contributed by atoms with Crippen molar-refractivity contribution in [1.82, 2.24) is 18.8 Å². The summed E-state index contributed by atoms with van der Waals surface area (Å²) in [6.07, 6.45) is 5.97. The molecule has 9 heteroatoms. The average Bonchev–Trinajstić information content (AvgIpc) is 3.16. The van der Waals surface area contributed by atoms with Gasteiger partial charge in [0.2, 0.25) is 15.9 Å². The Kier molecular flexibility index (Phi) is 5.09. The molecule has 1 aromatic carbocycles. The summed E-state index contributed by atoms with van der Waals surface area (Å²) in [7, 11) is -0.417. The summed E-state index contributed by atoms with van der Waals surface area (Å²) >= 11 is 5.96. The molecule has 26 heavy (non-hydrogen) atoms. The topological polar surface area (TPSA) is 75.5 Å². The maximum absolute atomic E-state index is 13.1. The molecular weight excluding hydrogens is 376 g/mol. The third-order valence-electron chi connectivity index (χ3n) is 4.67. The van der Waals surface area contributed by atoms with Gasteiger partial charge in [-0.15, -0.1) is 0 Å². The van der Waals surface area contributed by atoms with Crippen molar-refractivity contribution in [1.29, 1.82) is 0 Å². The molecule has 1 amide bonds. The molecule has 1 aromatic heterocycles. The lowest BCUT2D eigenvalue weighted by molar-refractivity contribution is -0.140. The van der Waals surface area contributed by atoms with Crippen molar-refractivity contribution >= 4 is 27.5 Å². The lowest BCUT2D eigenvalue weighted by Gasteiger charge is -2.42. The highest BCUT2D eigenvalue weighted by Gasteiger charge is 2.47. The number of nitrogens with zero attached hydrogens (tertiary/aromatic N) is 4. The van der Waals surface area contributed by atoms with Gasteiger partial charge in [0.25, 0.3) is 0 Å². The Morgan fingerprint density at radius 3 is 2.73 bits per heavy atom. The molecule has 1 aliphatic rings. The summed E-state index contributed by atoms with van der Waals surface area (Å²) in [6.45, 7) is 0.404. The predicted molar refractivity (Wildman–Crippen MR) is 98.3 cm³/mol. The number of amides is 1. The van der Waals surface area contributed by atoms with E-state index >= 15 is 0 Å². The number of hydrogen-bond donors (Lipinski definition) is 0. The Labute approximate surface area is 158 Å². The second-order valence-corrected chi connectivity index (χ2v) is 8.98. The fraction of sp³-hybridized carbons (Fsp3) is 0.412. The van der Waals surface area contributed by atoms with Crippen LogP contribution in [0.1, 0.15) is 12.8 Å². The number of imidazole rings is 1. The van der Waals surface area contributed by atoms with E-state index in [9.17, 15) is 13.2 Å². The molecule has 0 radical (unpaired) electrons. The fourth-order valence-electron chi connectivity index (χ4n) is 3.40. The van der Waals surface area contributed by atoms with Gasteiger partial charge in [-0.1, -0.05) is 17.7 Å². The molecule has 3 rings (SSSR count). The highest BCUT2D eigenvalue weighted by Crippen LogP contribution is 2.33. The van der Waals surface area contributed by atoms with Crippen molar-refractivity contribution in [2.24, 2.45) is 0 Å². The molecule has 1 aliphatic heterocycles. The highest BCUT2D eigenvalue weighted by atomic mass is 35.5. The van der Waals surface area contributed by atoms with E-state index in [0.29, 0.717) is 24.4 Å². The predicted octanol–water partition coefficient (Wildman–Crippen LogP) is 1.80. The Bertz CT molecular complexity index is 898. The number of carbonyl (C=O) groups is 1. The molecule has 0 spiro atoms. The van der Waals surface area contributed by atoms with E-state index in [1.54, 1.807) is 49.5 Å². The summed E-state index contributed by atoms with van der Waals surface area (Å²) in [5, 5.41) is 0.355. The first-order valence-electron chi connectivity index (χ1n) is 8.23. The van der Waals surface area contributed by atoms with Gasteiger partial charge >= 0.3 is 0 Å². The number of carbonyl (C=O) groups excluding carboxylic acids is 1. The van der Waals surface area contributed by atoms with Crippen LogP contribution in [0.3, 0.4) is 0 Å². The second kappa shape index (κ2) is 7.02. The third kappa shape index (κ3) is 3.24. The van der Waals surface area contributed by atoms with E-state index in [-0.39, 0.29) is 17.3 Å². The van der Waals surface area contributed by atoms with Crippen molar-refractivity contribution in [3.63, 3.8) is 0 Å². The van der Waals surface area contributed by atoms with E-state index in [0.717, 1.165) is 0 Å². The van der Waals surface area contributed by atoms with Gasteiger partial charge < -0.3 is 9.47 Å². The van der Waals surface area contributed by atoms with Gasteiger partial charge in [0.15, 0.2) is 0 Å². The molecule has 0 saturated carbocycles. The van der Waals surface area contributed by atoms with Crippen LogP contribution in [0.2, 0.25) is 5.02 Å². The first-order chi connectivity index (χ1) is 12.3. The molecule has 0 N–H and O–H groups in total. The fourth-order valence-corrected chi connectivity index (χ4v) is 5.24. The zero-order chi connectivity index (χ0) is 18.9. The lowest BCUT2D eigenvalue weighted by atomic mass is 9.88. The van der Waals surface area contributed by atoms with Crippen molar-refractivity contribution in [2.75, 3.05) is 27.2 Å². The van der Waals surface area contributed by atoms with Crippen LogP contribution in [-0.4, -0.2) is 60.3 Å². The number of halogens is 1. The van der Waals surface area contributed by atoms with Gasteiger partial charge in [-0.25, -0.2) is 13.4 Å². The summed E-state index contributed by atoms with van der Waals surface area (Å²) < 4.78 is 29.3. The van der Waals surface area contributed by atoms with Crippen molar-refractivity contribution < 1.29 is 13.2 Å². The minimum Gasteiger partial charge on any atom is -0.347 e. The zero-order valence-corrected chi connectivity index (χ0v) is 16.2. The van der Waals surface area contributed by atoms with Crippen LogP contribution < -0.4 is 0 Å². The van der Waals surface area contributed by atoms with Gasteiger partial charge in [0.1, 0.15) is 5.54 Å². The Morgan fingerprint density at radius 2 is 2.12 bits per heavy atom. The number of piperidine rings is 1. The minimum absolute atomic E-state index is 0.0508. The molecule has 7 nitrogen and oxygen atoms in total. The molecule has 1 fully saturated rings. The van der Waals surface area contributed by atoms with Crippen LogP contribution >= 0.6 is 11.6 Å². The second-order valence-electron chi connectivity index (χ2n) is 6.60. The molecule has 1 atom stereocenters. The summed E-state index contributed by atoms with van der Waals surface area (Å²) in [5.74, 6) is -0.151. The summed E-state index contributed by atoms with van der Waals surface area (Å²) in [4.78, 5) is 18.7. The molecule has 0 aliphatic carbocycles. The Balaban J connectivity index is 2.02. The number of aromatic nitrogens is 2. The first kappa shape index (κ1) is 18.9. The molecule has 2 aromatic rings. The smallest absolute Gasteiger partial charge is 0.249 e. The molecule has 1 unspecified atom stereocenters. The molecular formula is C17H21ClN4O3S. The highest BCUT2D eigenvalue weighted by molar-refractivity contribution is 7.89. The van der Waals surface area contributed by atoms with Crippen LogP contribution in [0, 0.1) is 0 Å². The van der Waals surface area contributed by atoms with Crippen LogP contribution in [-0.2, 0) is 20.4 Å². The SMILES string of the molecule is CN(C)C(=O)C1(n2ccnc2)CCCN(S(=O)(=O)c2cccc(Cl)c2)C1. The molecule has 140 valence electrons. The van der Waals surface area contributed by atoms with Crippen molar-refractivity contribution in [2.45, 2.75) is 23.3 Å². The summed E-state index contributed by atoms with van der Waals surface area (Å²) in [5.41, 5.74) is -1.01. The normalized spacial score (nSPS) is 21.5. The van der Waals surface area contributed by atoms with Gasteiger partial charge in [-0.3, -0.25) is 4.79 Å². The van der Waals surface area contributed by atoms with Gasteiger partial charge in [-0.2, -0.15) is 4.31 Å². The number of sulfonamides is 1. The Morgan fingerprint density at radius 1 is 1.35 bits per heavy atom. The largest absolute Gasteiger partial charge is 0.347 e. The number of hydrogen-bond acceptors (Lipinski definition) is 4. The lowest BCUT2D eigenvalue weighted by Crippen LogP contribution is -2.58. The maximum atomic E-state index is 13.1. The van der Waals surface area contributed by atoms with Gasteiger partial charge in [-0.05, 0) is 31.0 Å². The monoisotopic (exact) mass is 396 g/mol. The quantitative estimate of drug-likeness (QED) is 0.789. The van der Waals surface area contributed by atoms with Crippen LogP contribution in [0.4, 0.5) is 0 Å². The van der Waals surface area contributed by atoms with Crippen molar-refractivity contribution in [3.8, 4) is 0 Å². The van der Waals surface area contributed by atoms with E-state index in [1.165, 1.54) is 21.3 Å². The van der Waals surface area contributed by atoms with E-state index in [2.05, 4.69) is 4.98 Å². The number of benzene rings is 1. The van der Waals surface area contributed by atoms with E-state index < -0.39 is 15.6 Å². The number of rotatable bonds is 4. The van der Waals surface area contributed by atoms with E-state index in [4.69, 9.17) is 11.6 Å². The third-order valence-corrected chi connectivity index (χ3v) is 6.75. The van der Waals surface area contributed by atoms with Crippen LogP contribution in [0.5, 0.6) is 0 Å². The van der Waals surface area contributed by atoms with Gasteiger partial charge in [0.05, 0.1) is 11.2 Å². The molecule has 2 heterocycles. The zero-order valence-electron chi connectivity index (χ0n) is 14.7. The standard InChI is InChI=1S/C17H21ClN4O3S/c1-20(2)16(23)17(21-10-8-19-13-21)7-4-9-22(12-17)26(24,25)15-6-3-5-14(18)11-15/h3,5-6,8,10-11,13H,4,7,9,12H2,1-2H3. The number of likely N-dealkylation sites (N-methyl/N-ethyl adjacent to an activating group) is 1. The first-order valence-corrected chi connectivity index (χ1v) is 10.0. The van der Waals surface area contributed by atoms with E-state index in [1.807, 2.05) is 0 Å². The Hall–Kier alpha value is -1.90. The maximum Gasteiger partial charge on any atom is 0.249 e. The molecule has 1 saturated heterocycles. The molecule has 0 bridgehead atoms. The van der Waals surface area contributed by atoms with Crippen LogP contribution in [0.15, 0.2) is 47.9 Å².